The highest BCUT2D eigenvalue weighted by atomic mass is 19.4. The zero-order chi connectivity index (χ0) is 21.0. The molecule has 5 rings (SSSR count). The second kappa shape index (κ2) is 6.58. The van der Waals surface area contributed by atoms with E-state index in [2.05, 4.69) is 20.4 Å². The summed E-state index contributed by atoms with van der Waals surface area (Å²) in [5.74, 6) is -0.319. The SMILES string of the molecule is Cn1cc(-c2ccc3c(c2)[nH]c2c(C=O)cnc(NC(C4CC4)C(F)(F)F)c23)cn1. The third kappa shape index (κ3) is 3.10. The summed E-state index contributed by atoms with van der Waals surface area (Å²) >= 11 is 0. The summed E-state index contributed by atoms with van der Waals surface area (Å²) in [5, 5.41) is 7.98. The number of aryl methyl sites for hydroxylation is 1. The van der Waals surface area contributed by atoms with Gasteiger partial charge >= 0.3 is 6.18 Å². The van der Waals surface area contributed by atoms with Crippen molar-refractivity contribution in [1.82, 2.24) is 19.7 Å². The minimum Gasteiger partial charge on any atom is -0.358 e. The molecular weight excluding hydrogens is 395 g/mol. The number of pyridine rings is 1. The van der Waals surface area contributed by atoms with E-state index < -0.39 is 18.1 Å². The molecule has 0 spiro atoms. The number of aromatic nitrogens is 4. The Morgan fingerprint density at radius 2 is 2.07 bits per heavy atom. The van der Waals surface area contributed by atoms with Gasteiger partial charge in [0.05, 0.1) is 22.7 Å². The number of carbonyl (C=O) groups excluding carboxylic acids is 1. The Balaban J connectivity index is 1.67. The highest BCUT2D eigenvalue weighted by molar-refractivity contribution is 6.16. The fourth-order valence-electron chi connectivity index (χ4n) is 3.92. The van der Waals surface area contributed by atoms with E-state index in [0.717, 1.165) is 11.1 Å². The number of carbonyl (C=O) groups is 1. The Morgan fingerprint density at radius 1 is 1.27 bits per heavy atom. The molecule has 1 aromatic carbocycles. The standard InChI is InChI=1S/C21H18F3N5O/c1-29-9-13(8-26-29)12-4-5-15-16(6-12)27-18-14(10-30)7-25-20(17(15)18)28-19(11-2-3-11)21(22,23)24/h4-11,19,27H,2-3H2,1H3,(H,25,28). The predicted octanol–water partition coefficient (Wildman–Crippen LogP) is 4.68. The third-order valence-corrected chi connectivity index (χ3v) is 5.56. The summed E-state index contributed by atoms with van der Waals surface area (Å²) in [6.45, 7) is 0. The van der Waals surface area contributed by atoms with Crippen LogP contribution in [0.4, 0.5) is 19.0 Å². The number of nitrogens with zero attached hydrogens (tertiary/aromatic N) is 3. The molecular formula is C21H18F3N5O. The molecule has 3 heterocycles. The van der Waals surface area contributed by atoms with Gasteiger partial charge in [-0.3, -0.25) is 9.48 Å². The molecule has 0 aliphatic heterocycles. The van der Waals surface area contributed by atoms with Gasteiger partial charge < -0.3 is 10.3 Å². The van der Waals surface area contributed by atoms with Crippen molar-refractivity contribution in [3.05, 3.63) is 42.4 Å². The Kier molecular flexibility index (Phi) is 4.09. The van der Waals surface area contributed by atoms with Gasteiger partial charge in [0.15, 0.2) is 6.29 Å². The summed E-state index contributed by atoms with van der Waals surface area (Å²) in [6, 6.07) is 3.95. The largest absolute Gasteiger partial charge is 0.408 e. The van der Waals surface area contributed by atoms with E-state index >= 15 is 0 Å². The smallest absolute Gasteiger partial charge is 0.358 e. The minimum absolute atomic E-state index is 0.130. The van der Waals surface area contributed by atoms with E-state index in [1.54, 1.807) is 10.9 Å². The number of H-pyrrole nitrogens is 1. The molecule has 3 aromatic heterocycles. The number of fused-ring (bicyclic) bond motifs is 3. The topological polar surface area (TPSA) is 75.6 Å². The second-order valence-corrected chi connectivity index (χ2v) is 7.72. The fraction of sp³-hybridized carbons (Fsp3) is 0.286. The molecule has 0 saturated heterocycles. The van der Waals surface area contributed by atoms with Crippen molar-refractivity contribution in [1.29, 1.82) is 0 Å². The van der Waals surface area contributed by atoms with E-state index in [4.69, 9.17) is 0 Å². The van der Waals surface area contributed by atoms with E-state index in [9.17, 15) is 18.0 Å². The number of nitrogens with one attached hydrogen (secondary N) is 2. The Hall–Kier alpha value is -3.36. The van der Waals surface area contributed by atoms with Crippen LogP contribution in [0.25, 0.3) is 32.9 Å². The van der Waals surface area contributed by atoms with Crippen LogP contribution in [0.2, 0.25) is 0 Å². The zero-order valence-corrected chi connectivity index (χ0v) is 16.0. The number of aromatic amines is 1. The van der Waals surface area contributed by atoms with Crippen molar-refractivity contribution in [2.45, 2.75) is 25.1 Å². The van der Waals surface area contributed by atoms with Crippen LogP contribution in [0.1, 0.15) is 23.2 Å². The molecule has 1 aliphatic carbocycles. The lowest BCUT2D eigenvalue weighted by molar-refractivity contribution is -0.146. The van der Waals surface area contributed by atoms with Crippen molar-refractivity contribution < 1.29 is 18.0 Å². The lowest BCUT2D eigenvalue weighted by Gasteiger charge is -2.22. The van der Waals surface area contributed by atoms with Gasteiger partial charge in [-0.1, -0.05) is 12.1 Å². The van der Waals surface area contributed by atoms with Gasteiger partial charge in [-0.05, 0) is 30.4 Å². The van der Waals surface area contributed by atoms with Crippen molar-refractivity contribution >= 4 is 33.9 Å². The van der Waals surface area contributed by atoms with Crippen molar-refractivity contribution in [2.24, 2.45) is 13.0 Å². The molecule has 1 fully saturated rings. The van der Waals surface area contributed by atoms with Gasteiger partial charge in [-0.2, -0.15) is 18.3 Å². The number of aldehydes is 1. The normalized spacial score (nSPS) is 15.6. The van der Waals surface area contributed by atoms with Crippen LogP contribution in [0.15, 0.2) is 36.8 Å². The van der Waals surface area contributed by atoms with Crippen molar-refractivity contribution in [3.63, 3.8) is 0 Å². The minimum atomic E-state index is -4.38. The van der Waals surface area contributed by atoms with Gasteiger partial charge in [-0.15, -0.1) is 0 Å². The van der Waals surface area contributed by atoms with Gasteiger partial charge in [0.2, 0.25) is 0 Å². The molecule has 1 saturated carbocycles. The van der Waals surface area contributed by atoms with Crippen molar-refractivity contribution in [2.75, 3.05) is 5.32 Å². The summed E-state index contributed by atoms with van der Waals surface area (Å²) < 4.78 is 42.4. The number of alkyl halides is 3. The lowest BCUT2D eigenvalue weighted by Crippen LogP contribution is -2.38. The Labute approximate surface area is 169 Å². The first-order valence-corrected chi connectivity index (χ1v) is 9.57. The van der Waals surface area contributed by atoms with Crippen molar-refractivity contribution in [3.8, 4) is 11.1 Å². The maximum atomic E-state index is 13.6. The van der Waals surface area contributed by atoms with Crippen LogP contribution >= 0.6 is 0 Å². The first-order valence-electron chi connectivity index (χ1n) is 9.57. The summed E-state index contributed by atoms with van der Waals surface area (Å²) in [6.07, 6.45) is 2.26. The molecule has 1 aliphatic rings. The number of halogens is 3. The van der Waals surface area contributed by atoms with E-state index in [0.29, 0.717) is 46.5 Å². The van der Waals surface area contributed by atoms with Crippen LogP contribution < -0.4 is 5.32 Å². The molecule has 30 heavy (non-hydrogen) atoms. The van der Waals surface area contributed by atoms with E-state index in [1.807, 2.05) is 31.4 Å². The van der Waals surface area contributed by atoms with Gasteiger partial charge in [0, 0.05) is 35.9 Å². The average Bonchev–Trinajstić information content (AvgIpc) is 3.32. The number of anilines is 1. The average molecular weight is 413 g/mol. The number of hydrogen-bond donors (Lipinski definition) is 2. The van der Waals surface area contributed by atoms with Gasteiger partial charge in [-0.25, -0.2) is 4.98 Å². The summed E-state index contributed by atoms with van der Waals surface area (Å²) in [7, 11) is 1.82. The molecule has 0 amide bonds. The molecule has 4 aromatic rings. The van der Waals surface area contributed by atoms with Gasteiger partial charge in [0.25, 0.3) is 0 Å². The van der Waals surface area contributed by atoms with Crippen LogP contribution in [0.5, 0.6) is 0 Å². The number of hydrogen-bond acceptors (Lipinski definition) is 4. The number of benzene rings is 1. The molecule has 1 atom stereocenters. The summed E-state index contributed by atoms with van der Waals surface area (Å²) in [5.41, 5.74) is 3.29. The quantitative estimate of drug-likeness (QED) is 0.466. The maximum absolute atomic E-state index is 13.6. The first kappa shape index (κ1) is 18.7. The first-order chi connectivity index (χ1) is 14.3. The molecule has 2 N–H and O–H groups in total. The number of rotatable bonds is 5. The highest BCUT2D eigenvalue weighted by Gasteiger charge is 2.49. The molecule has 6 nitrogen and oxygen atoms in total. The fourth-order valence-corrected chi connectivity index (χ4v) is 3.92. The molecule has 9 heteroatoms. The Morgan fingerprint density at radius 3 is 2.70 bits per heavy atom. The molecule has 0 radical (unpaired) electrons. The van der Waals surface area contributed by atoms with E-state index in [1.165, 1.54) is 6.20 Å². The van der Waals surface area contributed by atoms with Gasteiger partial charge in [0.1, 0.15) is 11.9 Å². The lowest BCUT2D eigenvalue weighted by atomic mass is 10.1. The van der Waals surface area contributed by atoms with Crippen LogP contribution in [0, 0.1) is 5.92 Å². The Bertz CT molecular complexity index is 1270. The van der Waals surface area contributed by atoms with Crippen LogP contribution in [-0.2, 0) is 7.05 Å². The third-order valence-electron chi connectivity index (χ3n) is 5.56. The molecule has 0 bridgehead atoms. The second-order valence-electron chi connectivity index (χ2n) is 7.72. The molecule has 154 valence electrons. The monoisotopic (exact) mass is 413 g/mol. The predicted molar refractivity (Wildman–Crippen MR) is 107 cm³/mol. The summed E-state index contributed by atoms with van der Waals surface area (Å²) in [4.78, 5) is 18.9. The zero-order valence-electron chi connectivity index (χ0n) is 16.0. The van der Waals surface area contributed by atoms with E-state index in [-0.39, 0.29) is 5.82 Å². The maximum Gasteiger partial charge on any atom is 0.408 e. The van der Waals surface area contributed by atoms with Crippen LogP contribution in [-0.4, -0.2) is 38.3 Å². The highest BCUT2D eigenvalue weighted by Crippen LogP contribution is 2.43. The van der Waals surface area contributed by atoms with Crippen LogP contribution in [0.3, 0.4) is 0 Å². The molecule has 1 unspecified atom stereocenters.